The molecule has 3 nitrogen and oxygen atoms in total. The summed E-state index contributed by atoms with van der Waals surface area (Å²) in [5, 5.41) is 19.6. The zero-order valence-corrected chi connectivity index (χ0v) is 11.0. The molecule has 0 aromatic heterocycles. The molecule has 1 unspecified atom stereocenters. The quantitative estimate of drug-likeness (QED) is 0.512. The molecule has 1 aliphatic rings. The Labute approximate surface area is 93.2 Å². The molecular formula is C10H22BO3P. The van der Waals surface area contributed by atoms with Crippen molar-refractivity contribution < 1.29 is 14.9 Å². The summed E-state index contributed by atoms with van der Waals surface area (Å²) in [4.78, 5) is 0. The minimum Gasteiger partial charge on any atom is -0.388 e. The highest BCUT2D eigenvalue weighted by Crippen LogP contribution is 2.41. The zero-order chi connectivity index (χ0) is 11.9. The molecule has 1 fully saturated rings. The fourth-order valence-corrected chi connectivity index (χ4v) is 2.96. The maximum atomic E-state index is 9.90. The maximum Gasteiger partial charge on any atom is 0.142 e. The second-order valence-corrected chi connectivity index (χ2v) is 9.80. The second kappa shape index (κ2) is 4.25. The summed E-state index contributed by atoms with van der Waals surface area (Å²) < 4.78 is 5.66. The lowest BCUT2D eigenvalue weighted by Crippen LogP contribution is -2.41. The number of hydrogen-bond acceptors (Lipinski definition) is 3. The first-order chi connectivity index (χ1) is 6.66. The molecule has 1 rings (SSSR count). The van der Waals surface area contributed by atoms with Gasteiger partial charge in [-0.25, -0.2) is 0 Å². The minimum atomic E-state index is -1.10. The van der Waals surface area contributed by atoms with Gasteiger partial charge in [-0.15, -0.1) is 13.2 Å². The molecule has 5 heteroatoms. The van der Waals surface area contributed by atoms with Crippen molar-refractivity contribution in [2.24, 2.45) is 0 Å². The summed E-state index contributed by atoms with van der Waals surface area (Å²) in [6.07, 6.45) is 4.33. The topological polar surface area (TPSA) is 49.7 Å². The van der Waals surface area contributed by atoms with E-state index < -0.39 is 24.7 Å². The predicted molar refractivity (Wildman–Crippen MR) is 69.2 cm³/mol. The molecule has 0 radical (unpaired) electrons. The van der Waals surface area contributed by atoms with Gasteiger partial charge in [-0.1, -0.05) is 0 Å². The normalized spacial score (nSPS) is 42.1. The summed E-state index contributed by atoms with van der Waals surface area (Å²) in [5.41, 5.74) is -0.603. The molecule has 1 heterocycles. The summed E-state index contributed by atoms with van der Waals surface area (Å²) in [7, 11) is 1.80. The van der Waals surface area contributed by atoms with E-state index in [4.69, 9.17) is 4.74 Å². The Bertz CT molecular complexity index is 278. The number of ether oxygens (including phenoxy) is 1. The van der Waals surface area contributed by atoms with E-state index in [0.29, 0.717) is 0 Å². The van der Waals surface area contributed by atoms with E-state index in [0.717, 1.165) is 12.6 Å². The van der Waals surface area contributed by atoms with Gasteiger partial charge >= 0.3 is 0 Å². The molecule has 0 aliphatic carbocycles. The van der Waals surface area contributed by atoms with Crippen molar-refractivity contribution in [3.05, 3.63) is 0 Å². The smallest absolute Gasteiger partial charge is 0.142 e. The van der Waals surface area contributed by atoms with Crippen LogP contribution in [0.1, 0.15) is 13.3 Å². The van der Waals surface area contributed by atoms with Gasteiger partial charge in [-0.3, -0.25) is 0 Å². The van der Waals surface area contributed by atoms with E-state index in [-0.39, 0.29) is 6.00 Å². The first-order valence-electron chi connectivity index (χ1n) is 5.37. The van der Waals surface area contributed by atoms with Gasteiger partial charge in [0.05, 0.1) is 11.6 Å². The van der Waals surface area contributed by atoms with Crippen LogP contribution in [0.15, 0.2) is 0 Å². The fraction of sp³-hybridized carbons (Fsp3) is 0.900. The monoisotopic (exact) mass is 232 g/mol. The Morgan fingerprint density at radius 1 is 1.47 bits per heavy atom. The molecule has 0 bridgehead atoms. The van der Waals surface area contributed by atoms with E-state index in [2.05, 4.69) is 19.6 Å². The second-order valence-electron chi connectivity index (χ2n) is 5.48. The number of aliphatic hydroxyl groups excluding tert-OH is 2. The van der Waals surface area contributed by atoms with Crippen molar-refractivity contribution >= 4 is 21.0 Å². The van der Waals surface area contributed by atoms with Crippen molar-refractivity contribution in [3.8, 4) is 0 Å². The Balaban J connectivity index is 2.64. The van der Waals surface area contributed by atoms with Crippen LogP contribution in [0.3, 0.4) is 0 Å². The van der Waals surface area contributed by atoms with Gasteiger partial charge in [0.25, 0.3) is 0 Å². The zero-order valence-electron chi connectivity index (χ0n) is 10.1. The SMILES string of the molecule is B[C@@H]1O[C@](C)(CCP(=C)(C)C)[C@@H](O)C1O. The van der Waals surface area contributed by atoms with Crippen molar-refractivity contribution in [1.29, 1.82) is 0 Å². The van der Waals surface area contributed by atoms with Crippen LogP contribution in [-0.4, -0.2) is 67.7 Å². The van der Waals surface area contributed by atoms with Gasteiger partial charge in [-0.05, 0) is 32.8 Å². The molecule has 88 valence electrons. The van der Waals surface area contributed by atoms with Crippen LogP contribution in [0.2, 0.25) is 0 Å². The van der Waals surface area contributed by atoms with E-state index >= 15 is 0 Å². The molecular weight excluding hydrogens is 210 g/mol. The first-order valence-corrected chi connectivity index (χ1v) is 8.42. The molecule has 0 aromatic rings. The van der Waals surface area contributed by atoms with Crippen molar-refractivity contribution in [1.82, 2.24) is 0 Å². The van der Waals surface area contributed by atoms with Crippen LogP contribution in [0.5, 0.6) is 0 Å². The van der Waals surface area contributed by atoms with Crippen molar-refractivity contribution in [2.75, 3.05) is 19.5 Å². The predicted octanol–water partition coefficient (Wildman–Crippen LogP) is -0.444. The average Bonchev–Trinajstić information content (AvgIpc) is 2.27. The van der Waals surface area contributed by atoms with Crippen LogP contribution in [-0.2, 0) is 4.74 Å². The van der Waals surface area contributed by atoms with Gasteiger partial charge in [0.2, 0.25) is 0 Å². The van der Waals surface area contributed by atoms with E-state index in [1.165, 1.54) is 0 Å². The van der Waals surface area contributed by atoms with Crippen LogP contribution in [0.4, 0.5) is 0 Å². The molecule has 0 saturated carbocycles. The Morgan fingerprint density at radius 2 is 2.00 bits per heavy atom. The van der Waals surface area contributed by atoms with Gasteiger partial charge in [-0.2, -0.15) is 0 Å². The standard InChI is InChI=1S/C10H22BO3P/c1-10(5-6-15(2,3)4)8(13)7(12)9(11)14-10/h7-9,12-13H,2,5-6,11H2,1,3-4H3/t7?,8-,9+,10+/m0/s1. The molecule has 0 aromatic carbocycles. The highest BCUT2D eigenvalue weighted by molar-refractivity contribution is 7.72. The lowest BCUT2D eigenvalue weighted by atomic mass is 9.89. The number of aliphatic hydroxyl groups is 2. The van der Waals surface area contributed by atoms with E-state index in [1.54, 1.807) is 7.85 Å². The Kier molecular flexibility index (Phi) is 3.77. The van der Waals surface area contributed by atoms with Crippen molar-refractivity contribution in [2.45, 2.75) is 37.2 Å². The molecule has 2 N–H and O–H groups in total. The third-order valence-electron chi connectivity index (χ3n) is 3.10. The lowest BCUT2D eigenvalue weighted by molar-refractivity contribution is -0.0570. The summed E-state index contributed by atoms with van der Waals surface area (Å²) in [6, 6.07) is -0.281. The largest absolute Gasteiger partial charge is 0.388 e. The number of hydrogen-bond donors (Lipinski definition) is 2. The van der Waals surface area contributed by atoms with Gasteiger partial charge in [0, 0.05) is 0 Å². The van der Waals surface area contributed by atoms with Gasteiger partial charge in [0.1, 0.15) is 20.1 Å². The van der Waals surface area contributed by atoms with Crippen LogP contribution in [0, 0.1) is 0 Å². The maximum absolute atomic E-state index is 9.90. The minimum absolute atomic E-state index is 0.281. The van der Waals surface area contributed by atoms with Gasteiger partial charge in [0.15, 0.2) is 0 Å². The summed E-state index contributed by atoms with van der Waals surface area (Å²) in [5.74, 6) is 0. The molecule has 4 atom stereocenters. The van der Waals surface area contributed by atoms with Crippen LogP contribution < -0.4 is 0 Å². The Morgan fingerprint density at radius 3 is 2.33 bits per heavy atom. The first kappa shape index (κ1) is 13.3. The molecule has 0 spiro atoms. The highest BCUT2D eigenvalue weighted by Gasteiger charge is 2.48. The Hall–Kier alpha value is 0.245. The summed E-state index contributed by atoms with van der Waals surface area (Å²) >= 11 is 0. The lowest BCUT2D eigenvalue weighted by Gasteiger charge is -2.29. The number of rotatable bonds is 3. The molecule has 1 saturated heterocycles. The average molecular weight is 232 g/mol. The summed E-state index contributed by atoms with van der Waals surface area (Å²) in [6.45, 7) is 5.10. The molecule has 1 aliphatic heterocycles. The third-order valence-corrected chi connectivity index (χ3v) is 4.53. The molecule has 15 heavy (non-hydrogen) atoms. The van der Waals surface area contributed by atoms with Gasteiger partial charge < -0.3 is 14.9 Å². The third kappa shape index (κ3) is 3.10. The fourth-order valence-electron chi connectivity index (χ4n) is 1.91. The van der Waals surface area contributed by atoms with Crippen molar-refractivity contribution in [3.63, 3.8) is 0 Å². The van der Waals surface area contributed by atoms with Crippen LogP contribution in [0.25, 0.3) is 0 Å². The molecule has 0 amide bonds. The van der Waals surface area contributed by atoms with E-state index in [1.807, 2.05) is 6.92 Å². The highest BCUT2D eigenvalue weighted by atomic mass is 31.2. The van der Waals surface area contributed by atoms with E-state index in [9.17, 15) is 10.2 Å². The van der Waals surface area contributed by atoms with Crippen LogP contribution >= 0.6 is 6.89 Å².